The Labute approximate surface area is 227 Å². The minimum atomic E-state index is -0.869. The molecule has 1 aliphatic rings. The normalized spacial score (nSPS) is 18.6. The van der Waals surface area contributed by atoms with E-state index in [9.17, 15) is 19.2 Å². The summed E-state index contributed by atoms with van der Waals surface area (Å²) in [6.07, 6.45) is -0.981. The molecule has 0 saturated carbocycles. The average molecular weight is 547 g/mol. The maximum atomic E-state index is 12.9. The standard InChI is InChI=1S/C29H26N2O7S/c1-17-5-9-19(10-6-17)27(33)36-16-23-22(38-28(34)20-11-7-18(2)8-12-20)14-25(37-23)31-15-21(24-4-3-13-39-24)26(32)30-29(31)35/h3-13,15,22-23,25H,14,16H2,1-2H3,(H,30,32,35)/t22-,23+,25-/m0/s1. The molecule has 10 heteroatoms. The Balaban J connectivity index is 1.39. The van der Waals surface area contributed by atoms with E-state index in [1.807, 2.05) is 19.2 Å². The van der Waals surface area contributed by atoms with E-state index >= 15 is 0 Å². The fourth-order valence-electron chi connectivity index (χ4n) is 4.28. The number of thiophene rings is 1. The predicted molar refractivity (Wildman–Crippen MR) is 145 cm³/mol. The van der Waals surface area contributed by atoms with Crippen molar-refractivity contribution in [3.05, 3.63) is 115 Å². The Morgan fingerprint density at radius 1 is 0.974 bits per heavy atom. The SMILES string of the molecule is Cc1ccc(C(=O)OC[C@H]2O[C@H](n3cc(-c4cccs4)c(=O)[nH]c3=O)C[C@@H]2OC(=O)c2ccc(C)cc2)cc1. The fraction of sp³-hybridized carbons (Fsp3) is 0.241. The van der Waals surface area contributed by atoms with Crippen LogP contribution in [0.2, 0.25) is 0 Å². The minimum absolute atomic E-state index is 0.111. The third kappa shape index (κ3) is 5.92. The zero-order valence-corrected chi connectivity index (χ0v) is 22.1. The number of aryl methyl sites for hydroxylation is 2. The number of aromatic nitrogens is 2. The monoisotopic (exact) mass is 546 g/mol. The van der Waals surface area contributed by atoms with E-state index in [0.717, 1.165) is 11.1 Å². The van der Waals surface area contributed by atoms with Crippen LogP contribution >= 0.6 is 11.3 Å². The highest BCUT2D eigenvalue weighted by Gasteiger charge is 2.40. The second kappa shape index (κ2) is 11.2. The molecule has 0 bridgehead atoms. The number of nitrogens with zero attached hydrogens (tertiary/aromatic N) is 1. The van der Waals surface area contributed by atoms with Crippen molar-refractivity contribution >= 4 is 23.3 Å². The van der Waals surface area contributed by atoms with Gasteiger partial charge in [-0.1, -0.05) is 41.5 Å². The molecule has 0 aliphatic carbocycles. The molecule has 3 atom stereocenters. The molecule has 0 spiro atoms. The smallest absolute Gasteiger partial charge is 0.338 e. The predicted octanol–water partition coefficient (Wildman–Crippen LogP) is 4.25. The Morgan fingerprint density at radius 3 is 2.23 bits per heavy atom. The van der Waals surface area contributed by atoms with Crippen LogP contribution in [0.25, 0.3) is 10.4 Å². The molecule has 0 unspecified atom stereocenters. The van der Waals surface area contributed by atoms with Gasteiger partial charge in [0.2, 0.25) is 0 Å². The third-order valence-corrected chi connectivity index (χ3v) is 7.36. The van der Waals surface area contributed by atoms with E-state index < -0.39 is 41.6 Å². The summed E-state index contributed by atoms with van der Waals surface area (Å²) < 4.78 is 18.7. The number of hydrogen-bond donors (Lipinski definition) is 1. The van der Waals surface area contributed by atoms with Crippen LogP contribution in [0.3, 0.4) is 0 Å². The molecule has 3 heterocycles. The average Bonchev–Trinajstić information content (AvgIpc) is 3.59. The van der Waals surface area contributed by atoms with Crippen LogP contribution in [0, 0.1) is 13.8 Å². The molecule has 39 heavy (non-hydrogen) atoms. The largest absolute Gasteiger partial charge is 0.459 e. The van der Waals surface area contributed by atoms with Gasteiger partial charge in [0.15, 0.2) is 0 Å². The summed E-state index contributed by atoms with van der Waals surface area (Å²) in [5.41, 5.74) is 1.88. The lowest BCUT2D eigenvalue weighted by atomic mass is 10.1. The van der Waals surface area contributed by atoms with Crippen LogP contribution in [0.5, 0.6) is 0 Å². The van der Waals surface area contributed by atoms with Gasteiger partial charge in [0.25, 0.3) is 5.56 Å². The molecule has 4 aromatic rings. The first-order valence-corrected chi connectivity index (χ1v) is 13.2. The number of nitrogens with one attached hydrogen (secondary N) is 1. The molecule has 2 aromatic carbocycles. The maximum absolute atomic E-state index is 12.9. The van der Waals surface area contributed by atoms with Gasteiger partial charge in [-0.3, -0.25) is 14.3 Å². The summed E-state index contributed by atoms with van der Waals surface area (Å²) in [6, 6.07) is 17.5. The third-order valence-electron chi connectivity index (χ3n) is 6.46. The summed E-state index contributed by atoms with van der Waals surface area (Å²) in [5, 5.41) is 1.83. The van der Waals surface area contributed by atoms with Crippen LogP contribution in [-0.2, 0) is 14.2 Å². The van der Waals surface area contributed by atoms with Crippen LogP contribution < -0.4 is 11.2 Å². The first-order chi connectivity index (χ1) is 18.8. The molecule has 0 radical (unpaired) electrons. The van der Waals surface area contributed by atoms with Gasteiger partial charge in [-0.05, 0) is 49.6 Å². The number of ether oxygens (including phenoxy) is 3. The van der Waals surface area contributed by atoms with Gasteiger partial charge in [0.1, 0.15) is 25.0 Å². The molecule has 1 fully saturated rings. The Kier molecular flexibility index (Phi) is 7.58. The van der Waals surface area contributed by atoms with Crippen molar-refractivity contribution < 1.29 is 23.8 Å². The second-order valence-electron chi connectivity index (χ2n) is 9.33. The molecule has 200 valence electrons. The highest BCUT2D eigenvalue weighted by atomic mass is 32.1. The number of H-pyrrole nitrogens is 1. The molecule has 1 saturated heterocycles. The second-order valence-corrected chi connectivity index (χ2v) is 10.3. The molecule has 1 N–H and O–H groups in total. The van der Waals surface area contributed by atoms with Crippen molar-refractivity contribution in [3.63, 3.8) is 0 Å². The van der Waals surface area contributed by atoms with E-state index in [0.29, 0.717) is 21.6 Å². The Morgan fingerprint density at radius 2 is 1.62 bits per heavy atom. The van der Waals surface area contributed by atoms with Gasteiger partial charge in [0.05, 0.1) is 16.7 Å². The van der Waals surface area contributed by atoms with Crippen LogP contribution in [0.15, 0.2) is 81.8 Å². The molecule has 0 amide bonds. The van der Waals surface area contributed by atoms with Crippen molar-refractivity contribution in [2.75, 3.05) is 6.61 Å². The highest BCUT2D eigenvalue weighted by Crippen LogP contribution is 2.32. The number of carbonyl (C=O) groups excluding carboxylic acids is 2. The minimum Gasteiger partial charge on any atom is -0.459 e. The quantitative estimate of drug-likeness (QED) is 0.345. The Hall–Kier alpha value is -4.28. The van der Waals surface area contributed by atoms with Crippen molar-refractivity contribution in [2.45, 2.75) is 38.7 Å². The fourth-order valence-corrected chi connectivity index (χ4v) is 5.01. The maximum Gasteiger partial charge on any atom is 0.338 e. The van der Waals surface area contributed by atoms with E-state index in [1.54, 1.807) is 60.7 Å². The van der Waals surface area contributed by atoms with Gasteiger partial charge in [-0.15, -0.1) is 11.3 Å². The van der Waals surface area contributed by atoms with Crippen molar-refractivity contribution in [1.29, 1.82) is 0 Å². The van der Waals surface area contributed by atoms with Crippen LogP contribution in [0.1, 0.15) is 44.5 Å². The van der Waals surface area contributed by atoms with E-state index in [1.165, 1.54) is 22.1 Å². The lowest BCUT2D eigenvalue weighted by Gasteiger charge is -2.19. The number of esters is 2. The van der Waals surface area contributed by atoms with Crippen LogP contribution in [0.4, 0.5) is 0 Å². The summed E-state index contributed by atoms with van der Waals surface area (Å²) in [5.74, 6) is -1.11. The van der Waals surface area contributed by atoms with E-state index in [2.05, 4.69) is 4.98 Å². The molecule has 5 rings (SSSR count). The van der Waals surface area contributed by atoms with Crippen molar-refractivity contribution in [1.82, 2.24) is 9.55 Å². The molecule has 1 aliphatic heterocycles. The zero-order chi connectivity index (χ0) is 27.5. The highest BCUT2D eigenvalue weighted by molar-refractivity contribution is 7.13. The van der Waals surface area contributed by atoms with Crippen molar-refractivity contribution in [2.24, 2.45) is 0 Å². The van der Waals surface area contributed by atoms with Crippen molar-refractivity contribution in [3.8, 4) is 10.4 Å². The number of carbonyl (C=O) groups is 2. The van der Waals surface area contributed by atoms with E-state index in [4.69, 9.17) is 14.2 Å². The summed E-state index contributed by atoms with van der Waals surface area (Å²) >= 11 is 1.36. The first kappa shape index (κ1) is 26.3. The number of aromatic amines is 1. The summed E-state index contributed by atoms with van der Waals surface area (Å²) in [7, 11) is 0. The molecule has 2 aromatic heterocycles. The lowest BCUT2D eigenvalue weighted by molar-refractivity contribution is -0.0582. The number of rotatable bonds is 7. The zero-order valence-electron chi connectivity index (χ0n) is 21.3. The molecular formula is C29H26N2O7S. The topological polar surface area (TPSA) is 117 Å². The van der Waals surface area contributed by atoms with Gasteiger partial charge in [-0.25, -0.2) is 14.4 Å². The number of benzene rings is 2. The van der Waals surface area contributed by atoms with Gasteiger partial charge in [-0.2, -0.15) is 0 Å². The van der Waals surface area contributed by atoms with E-state index in [-0.39, 0.29) is 13.0 Å². The van der Waals surface area contributed by atoms with Gasteiger partial charge < -0.3 is 14.2 Å². The number of hydrogen-bond acceptors (Lipinski definition) is 8. The summed E-state index contributed by atoms with van der Waals surface area (Å²) in [6.45, 7) is 3.62. The van der Waals surface area contributed by atoms with Gasteiger partial charge in [0, 0.05) is 17.5 Å². The Bertz CT molecular complexity index is 1590. The molecule has 9 nitrogen and oxygen atoms in total. The molecular weight excluding hydrogens is 520 g/mol. The van der Waals surface area contributed by atoms with Crippen LogP contribution in [-0.4, -0.2) is 40.3 Å². The lowest BCUT2D eigenvalue weighted by Crippen LogP contribution is -2.33. The van der Waals surface area contributed by atoms with Gasteiger partial charge >= 0.3 is 17.6 Å². The summed E-state index contributed by atoms with van der Waals surface area (Å²) in [4.78, 5) is 53.8. The first-order valence-electron chi connectivity index (χ1n) is 12.3.